The summed E-state index contributed by atoms with van der Waals surface area (Å²) in [7, 11) is -2.31. The van der Waals surface area contributed by atoms with Gasteiger partial charge in [-0.25, -0.2) is 0 Å². The van der Waals surface area contributed by atoms with Gasteiger partial charge in [0.1, 0.15) is 0 Å². The minimum absolute atomic E-state index is 0.351. The largest absolute Gasteiger partial charge is 0.455 e. The molecule has 0 aromatic rings. The lowest BCUT2D eigenvalue weighted by atomic mass is 9.87. The molecule has 0 aromatic heterocycles. The molecule has 0 radical (unpaired) electrons. The summed E-state index contributed by atoms with van der Waals surface area (Å²) in [4.78, 5) is 0. The molecule has 0 aromatic carbocycles. The highest BCUT2D eigenvalue weighted by atomic mass is 28.3. The molecule has 0 bridgehead atoms. The van der Waals surface area contributed by atoms with E-state index in [9.17, 15) is 0 Å². The van der Waals surface area contributed by atoms with E-state index in [1.165, 1.54) is 0 Å². The van der Waals surface area contributed by atoms with Gasteiger partial charge in [0.05, 0.1) is 8.07 Å². The molecular weight excluding hydrogens is 143 g/mol. The highest BCUT2D eigenvalue weighted by molar-refractivity contribution is 6.81. The summed E-state index contributed by atoms with van der Waals surface area (Å²) in [5, 5.41) is 16.9. The van der Waals surface area contributed by atoms with Crippen molar-refractivity contribution in [2.24, 2.45) is 0 Å². The number of rotatable bonds is 3. The Hall–Kier alpha value is -0.0582. The van der Waals surface area contributed by atoms with E-state index in [1.807, 2.05) is 6.08 Å². The third-order valence-electron chi connectivity index (χ3n) is 0.965. The molecule has 0 rings (SSSR count). The summed E-state index contributed by atoms with van der Waals surface area (Å²) >= 11 is 0. The van der Waals surface area contributed by atoms with Crippen LogP contribution in [0.4, 0.5) is 0 Å². The van der Waals surface area contributed by atoms with E-state index in [4.69, 9.17) is 10.0 Å². The lowest BCUT2D eigenvalue weighted by Gasteiger charge is -2.07. The van der Waals surface area contributed by atoms with Crippen LogP contribution in [-0.2, 0) is 0 Å². The highest BCUT2D eigenvalue weighted by Gasteiger charge is 2.08. The zero-order valence-corrected chi connectivity index (χ0v) is 7.83. The standard InChI is InChI=1S/C6H15BO2Si/c1-10(2,3)6-4-5-7(8)9/h4,6,8-9H,5H2,1-3H3/b6-4+. The van der Waals surface area contributed by atoms with E-state index in [2.05, 4.69) is 25.3 Å². The third-order valence-corrected chi connectivity index (χ3v) is 2.20. The quantitative estimate of drug-likeness (QED) is 0.599. The van der Waals surface area contributed by atoms with Gasteiger partial charge in [-0.05, 0) is 6.32 Å². The monoisotopic (exact) mass is 158 g/mol. The van der Waals surface area contributed by atoms with Crippen LogP contribution in [0.1, 0.15) is 0 Å². The van der Waals surface area contributed by atoms with Crippen molar-refractivity contribution in [2.45, 2.75) is 26.0 Å². The molecule has 0 amide bonds. The van der Waals surface area contributed by atoms with Crippen molar-refractivity contribution >= 4 is 15.2 Å². The van der Waals surface area contributed by atoms with Crippen LogP contribution < -0.4 is 0 Å². The van der Waals surface area contributed by atoms with Crippen LogP contribution in [0, 0.1) is 0 Å². The molecule has 0 spiro atoms. The SMILES string of the molecule is C[Si](C)(C)/C=C/CB(O)O. The van der Waals surface area contributed by atoms with E-state index in [-0.39, 0.29) is 0 Å². The van der Waals surface area contributed by atoms with E-state index >= 15 is 0 Å². The number of hydrogen-bond donors (Lipinski definition) is 2. The maximum atomic E-state index is 8.47. The molecule has 0 heterocycles. The van der Waals surface area contributed by atoms with Gasteiger partial charge < -0.3 is 10.0 Å². The Balaban J connectivity index is 3.57. The van der Waals surface area contributed by atoms with Crippen LogP contribution in [0.15, 0.2) is 11.8 Å². The first kappa shape index (κ1) is 9.94. The summed E-state index contributed by atoms with van der Waals surface area (Å²) in [6.07, 6.45) is 2.20. The Morgan fingerprint density at radius 3 is 2.10 bits per heavy atom. The predicted molar refractivity (Wildman–Crippen MR) is 47.5 cm³/mol. The van der Waals surface area contributed by atoms with Gasteiger partial charge in [0.25, 0.3) is 0 Å². The Bertz CT molecular complexity index is 117. The predicted octanol–water partition coefficient (Wildman–Crippen LogP) is 0.893. The van der Waals surface area contributed by atoms with Gasteiger partial charge in [0.2, 0.25) is 0 Å². The number of allylic oxidation sites excluding steroid dienone is 1. The zero-order chi connectivity index (χ0) is 8.20. The van der Waals surface area contributed by atoms with Crippen LogP contribution >= 0.6 is 0 Å². The molecule has 0 saturated carbocycles. The van der Waals surface area contributed by atoms with Crippen molar-refractivity contribution in [2.75, 3.05) is 0 Å². The van der Waals surface area contributed by atoms with Gasteiger partial charge in [-0.15, -0.1) is 0 Å². The third kappa shape index (κ3) is 7.94. The van der Waals surface area contributed by atoms with Gasteiger partial charge in [0.15, 0.2) is 0 Å². The van der Waals surface area contributed by atoms with Gasteiger partial charge >= 0.3 is 7.12 Å². The average Bonchev–Trinajstić information content (AvgIpc) is 1.59. The summed E-state index contributed by atoms with van der Waals surface area (Å²) < 4.78 is 0. The van der Waals surface area contributed by atoms with Gasteiger partial charge in [-0.2, -0.15) is 0 Å². The average molecular weight is 158 g/mol. The molecule has 2 nitrogen and oxygen atoms in total. The van der Waals surface area contributed by atoms with Crippen molar-refractivity contribution in [1.82, 2.24) is 0 Å². The maximum Gasteiger partial charge on any atom is 0.455 e. The second kappa shape index (κ2) is 3.95. The Morgan fingerprint density at radius 2 is 1.80 bits per heavy atom. The Morgan fingerprint density at radius 1 is 1.30 bits per heavy atom. The molecule has 0 aliphatic carbocycles. The van der Waals surface area contributed by atoms with Gasteiger partial charge in [-0.3, -0.25) is 0 Å². The molecule has 10 heavy (non-hydrogen) atoms. The van der Waals surface area contributed by atoms with Crippen LogP contribution in [-0.4, -0.2) is 25.2 Å². The molecule has 2 N–H and O–H groups in total. The fourth-order valence-electron chi connectivity index (χ4n) is 0.543. The second-order valence-electron chi connectivity index (χ2n) is 3.48. The van der Waals surface area contributed by atoms with E-state index in [0.29, 0.717) is 6.32 Å². The van der Waals surface area contributed by atoms with Crippen molar-refractivity contribution in [3.05, 3.63) is 11.8 Å². The molecule has 58 valence electrons. The van der Waals surface area contributed by atoms with Gasteiger partial charge in [-0.1, -0.05) is 31.4 Å². The van der Waals surface area contributed by atoms with Crippen LogP contribution in [0.3, 0.4) is 0 Å². The molecule has 4 heteroatoms. The molecular formula is C6H15BO2Si. The number of hydrogen-bond acceptors (Lipinski definition) is 2. The van der Waals surface area contributed by atoms with Crippen molar-refractivity contribution in [3.63, 3.8) is 0 Å². The van der Waals surface area contributed by atoms with Crippen molar-refractivity contribution in [1.29, 1.82) is 0 Å². The summed E-state index contributed by atoms with van der Waals surface area (Å²) in [5.41, 5.74) is 2.10. The second-order valence-corrected chi connectivity index (χ2v) is 8.55. The zero-order valence-electron chi connectivity index (χ0n) is 6.83. The lowest BCUT2D eigenvalue weighted by molar-refractivity contribution is 0.411. The minimum Gasteiger partial charge on any atom is -0.427 e. The molecule has 0 atom stereocenters. The van der Waals surface area contributed by atoms with Gasteiger partial charge in [0, 0.05) is 0 Å². The highest BCUT2D eigenvalue weighted by Crippen LogP contribution is 2.02. The van der Waals surface area contributed by atoms with Crippen LogP contribution in [0.25, 0.3) is 0 Å². The molecule has 0 saturated heterocycles. The minimum atomic E-state index is -1.19. The molecule has 0 aliphatic heterocycles. The van der Waals surface area contributed by atoms with Crippen molar-refractivity contribution < 1.29 is 10.0 Å². The van der Waals surface area contributed by atoms with Crippen molar-refractivity contribution in [3.8, 4) is 0 Å². The molecule has 0 fully saturated rings. The Kier molecular flexibility index (Phi) is 3.93. The molecule has 0 unspecified atom stereocenters. The summed E-state index contributed by atoms with van der Waals surface area (Å²) in [6, 6.07) is 0. The first-order valence-electron chi connectivity index (χ1n) is 3.45. The smallest absolute Gasteiger partial charge is 0.427 e. The van der Waals surface area contributed by atoms with E-state index in [0.717, 1.165) is 0 Å². The van der Waals surface area contributed by atoms with Crippen LogP contribution in [0.2, 0.25) is 26.0 Å². The lowest BCUT2D eigenvalue weighted by Crippen LogP contribution is -2.16. The molecule has 0 aliphatic rings. The Labute approximate surface area is 63.7 Å². The summed E-state index contributed by atoms with van der Waals surface area (Å²) in [6.45, 7) is 6.60. The maximum absolute atomic E-state index is 8.47. The first-order valence-corrected chi connectivity index (χ1v) is 7.03. The van der Waals surface area contributed by atoms with E-state index < -0.39 is 15.2 Å². The topological polar surface area (TPSA) is 40.5 Å². The fraction of sp³-hybridized carbons (Fsp3) is 0.667. The first-order chi connectivity index (χ1) is 4.42. The van der Waals surface area contributed by atoms with E-state index in [1.54, 1.807) is 0 Å². The fourth-order valence-corrected chi connectivity index (χ4v) is 1.39. The normalized spacial score (nSPS) is 12.5. The summed E-state index contributed by atoms with van der Waals surface area (Å²) in [5.74, 6) is 0. The van der Waals surface area contributed by atoms with Crippen LogP contribution in [0.5, 0.6) is 0 Å².